The highest BCUT2D eigenvalue weighted by atomic mass is 16.4. The van der Waals surface area contributed by atoms with E-state index in [1.54, 1.807) is 0 Å². The predicted octanol–water partition coefficient (Wildman–Crippen LogP) is 2.97. The van der Waals surface area contributed by atoms with Crippen LogP contribution in [0.5, 0.6) is 0 Å². The first kappa shape index (κ1) is 12.7. The molecule has 0 fully saturated rings. The van der Waals surface area contributed by atoms with Gasteiger partial charge in [0.05, 0.1) is 6.42 Å². The number of hydrogen-bond acceptors (Lipinski definition) is 2. The lowest BCUT2D eigenvalue weighted by Gasteiger charge is -2.15. The molecule has 0 aromatic heterocycles. The number of carboxylic acid groups (broad SMARTS) is 1. The van der Waals surface area contributed by atoms with E-state index < -0.39 is 5.97 Å². The second-order valence-corrected chi connectivity index (χ2v) is 5.40. The lowest BCUT2D eigenvalue weighted by molar-refractivity contribution is -0.137. The highest BCUT2D eigenvalue weighted by Gasteiger charge is 2.23. The van der Waals surface area contributed by atoms with E-state index in [0.717, 1.165) is 24.1 Å². The third-order valence-corrected chi connectivity index (χ3v) is 3.99. The molecule has 0 radical (unpaired) electrons. The lowest BCUT2D eigenvalue weighted by Crippen LogP contribution is -2.09. The van der Waals surface area contributed by atoms with Gasteiger partial charge in [-0.3, -0.25) is 4.79 Å². The Hall–Kier alpha value is -2.29. The molecule has 1 aliphatic rings. The highest BCUT2D eigenvalue weighted by Crippen LogP contribution is 2.34. The van der Waals surface area contributed by atoms with Gasteiger partial charge in [-0.05, 0) is 53.1 Å². The Morgan fingerprint density at radius 2 is 1.95 bits per heavy atom. The fourth-order valence-electron chi connectivity index (χ4n) is 3.08. The minimum Gasteiger partial charge on any atom is -0.481 e. The van der Waals surface area contributed by atoms with Crippen molar-refractivity contribution in [2.24, 2.45) is 0 Å². The van der Waals surface area contributed by atoms with Crippen LogP contribution in [-0.4, -0.2) is 11.1 Å². The van der Waals surface area contributed by atoms with Gasteiger partial charge in [-0.2, -0.15) is 0 Å². The monoisotopic (exact) mass is 267 g/mol. The van der Waals surface area contributed by atoms with Gasteiger partial charge in [0, 0.05) is 5.69 Å². The smallest absolute Gasteiger partial charge is 0.303 e. The van der Waals surface area contributed by atoms with Crippen LogP contribution in [0.25, 0.3) is 0 Å². The molecule has 3 rings (SSSR count). The number of nitrogens with two attached hydrogens (primary N) is 1. The van der Waals surface area contributed by atoms with Crippen LogP contribution >= 0.6 is 0 Å². The molecule has 0 amide bonds. The Bertz CT molecular complexity index is 664. The van der Waals surface area contributed by atoms with Gasteiger partial charge in [-0.1, -0.05) is 30.3 Å². The molecule has 3 heteroatoms. The van der Waals surface area contributed by atoms with Crippen molar-refractivity contribution in [2.45, 2.75) is 25.2 Å². The zero-order chi connectivity index (χ0) is 14.1. The predicted molar refractivity (Wildman–Crippen MR) is 78.8 cm³/mol. The van der Waals surface area contributed by atoms with E-state index in [0.29, 0.717) is 0 Å². The van der Waals surface area contributed by atoms with Crippen LogP contribution < -0.4 is 5.73 Å². The molecule has 1 atom stereocenters. The van der Waals surface area contributed by atoms with Gasteiger partial charge in [0.25, 0.3) is 0 Å². The Morgan fingerprint density at radius 1 is 1.15 bits per heavy atom. The molecule has 0 saturated heterocycles. The molecular weight excluding hydrogens is 250 g/mol. The minimum absolute atomic E-state index is 0.0201. The molecule has 3 nitrogen and oxygen atoms in total. The SMILES string of the molecule is Nc1ccc2c(c1)CC(CC(=O)O)c1ccccc1C2. The van der Waals surface area contributed by atoms with Gasteiger partial charge in [-0.25, -0.2) is 0 Å². The Kier molecular flexibility index (Phi) is 3.18. The zero-order valence-electron chi connectivity index (χ0n) is 11.2. The third-order valence-electron chi connectivity index (χ3n) is 3.99. The van der Waals surface area contributed by atoms with Crippen LogP contribution in [-0.2, 0) is 17.6 Å². The fourth-order valence-corrected chi connectivity index (χ4v) is 3.08. The molecule has 20 heavy (non-hydrogen) atoms. The quantitative estimate of drug-likeness (QED) is 0.822. The van der Waals surface area contributed by atoms with Gasteiger partial charge in [0.1, 0.15) is 0 Å². The first-order chi connectivity index (χ1) is 9.63. The van der Waals surface area contributed by atoms with E-state index in [-0.39, 0.29) is 12.3 Å². The molecule has 2 aromatic rings. The van der Waals surface area contributed by atoms with Crippen LogP contribution in [0.4, 0.5) is 5.69 Å². The largest absolute Gasteiger partial charge is 0.481 e. The number of anilines is 1. The molecule has 0 aliphatic heterocycles. The van der Waals surface area contributed by atoms with Crippen molar-refractivity contribution in [3.05, 3.63) is 64.7 Å². The number of aliphatic carboxylic acids is 1. The molecule has 1 aliphatic carbocycles. The van der Waals surface area contributed by atoms with Crippen molar-refractivity contribution >= 4 is 11.7 Å². The zero-order valence-corrected chi connectivity index (χ0v) is 11.2. The maximum Gasteiger partial charge on any atom is 0.303 e. The molecule has 0 spiro atoms. The van der Waals surface area contributed by atoms with Crippen molar-refractivity contribution in [3.63, 3.8) is 0 Å². The Balaban J connectivity index is 2.09. The maximum atomic E-state index is 11.1. The summed E-state index contributed by atoms with van der Waals surface area (Å²) >= 11 is 0. The van der Waals surface area contributed by atoms with E-state index in [1.165, 1.54) is 16.7 Å². The summed E-state index contributed by atoms with van der Waals surface area (Å²) in [6, 6.07) is 14.1. The van der Waals surface area contributed by atoms with Crippen molar-refractivity contribution < 1.29 is 9.90 Å². The molecular formula is C17H17NO2. The summed E-state index contributed by atoms with van der Waals surface area (Å²) in [5.74, 6) is -0.732. The van der Waals surface area contributed by atoms with Crippen LogP contribution in [0.15, 0.2) is 42.5 Å². The van der Waals surface area contributed by atoms with Crippen LogP contribution in [0.3, 0.4) is 0 Å². The summed E-state index contributed by atoms with van der Waals surface area (Å²) < 4.78 is 0. The average Bonchev–Trinajstić information content (AvgIpc) is 2.55. The van der Waals surface area contributed by atoms with Gasteiger partial charge in [0.15, 0.2) is 0 Å². The second-order valence-electron chi connectivity index (χ2n) is 5.40. The van der Waals surface area contributed by atoms with E-state index in [2.05, 4.69) is 18.2 Å². The van der Waals surface area contributed by atoms with E-state index >= 15 is 0 Å². The van der Waals surface area contributed by atoms with Gasteiger partial charge in [0.2, 0.25) is 0 Å². The molecule has 3 N–H and O–H groups in total. The molecule has 1 unspecified atom stereocenters. The standard InChI is InChI=1S/C17H17NO2/c18-15-6-5-11-7-12-3-1-2-4-16(12)14(10-17(19)20)8-13(11)9-15/h1-6,9,14H,7-8,10,18H2,(H,19,20). The molecule has 102 valence electrons. The summed E-state index contributed by atoms with van der Waals surface area (Å²) in [4.78, 5) is 11.1. The van der Waals surface area contributed by atoms with Crippen LogP contribution in [0.1, 0.15) is 34.6 Å². The Morgan fingerprint density at radius 3 is 2.75 bits per heavy atom. The van der Waals surface area contributed by atoms with E-state index in [1.807, 2.05) is 24.3 Å². The number of rotatable bonds is 2. The van der Waals surface area contributed by atoms with Gasteiger partial charge < -0.3 is 10.8 Å². The average molecular weight is 267 g/mol. The number of fused-ring (bicyclic) bond motifs is 2. The first-order valence-corrected chi connectivity index (χ1v) is 6.80. The van der Waals surface area contributed by atoms with E-state index in [4.69, 9.17) is 10.8 Å². The summed E-state index contributed by atoms with van der Waals surface area (Å²) in [6.45, 7) is 0. The topological polar surface area (TPSA) is 63.3 Å². The number of benzene rings is 2. The third kappa shape index (κ3) is 2.39. The number of nitrogen functional groups attached to an aromatic ring is 1. The molecule has 0 heterocycles. The summed E-state index contributed by atoms with van der Waals surface area (Å²) in [6.07, 6.45) is 1.75. The summed E-state index contributed by atoms with van der Waals surface area (Å²) in [5.41, 5.74) is 11.4. The first-order valence-electron chi connectivity index (χ1n) is 6.80. The van der Waals surface area contributed by atoms with Crippen molar-refractivity contribution in [3.8, 4) is 0 Å². The van der Waals surface area contributed by atoms with Crippen LogP contribution in [0, 0.1) is 0 Å². The number of carboxylic acids is 1. The number of hydrogen-bond donors (Lipinski definition) is 2. The summed E-state index contributed by atoms with van der Waals surface area (Å²) in [5, 5.41) is 9.16. The number of carbonyl (C=O) groups is 1. The van der Waals surface area contributed by atoms with E-state index in [9.17, 15) is 4.79 Å². The lowest BCUT2D eigenvalue weighted by atomic mass is 9.89. The second kappa shape index (κ2) is 5.00. The molecule has 0 bridgehead atoms. The van der Waals surface area contributed by atoms with Crippen LogP contribution in [0.2, 0.25) is 0 Å². The summed E-state index contributed by atoms with van der Waals surface area (Å²) in [7, 11) is 0. The maximum absolute atomic E-state index is 11.1. The minimum atomic E-state index is -0.753. The van der Waals surface area contributed by atoms with Crippen molar-refractivity contribution in [1.82, 2.24) is 0 Å². The van der Waals surface area contributed by atoms with Crippen molar-refractivity contribution in [1.29, 1.82) is 0 Å². The van der Waals surface area contributed by atoms with Gasteiger partial charge >= 0.3 is 5.97 Å². The fraction of sp³-hybridized carbons (Fsp3) is 0.235. The highest BCUT2D eigenvalue weighted by molar-refractivity contribution is 5.68. The molecule has 2 aromatic carbocycles. The van der Waals surface area contributed by atoms with Crippen molar-refractivity contribution in [2.75, 3.05) is 5.73 Å². The molecule has 0 saturated carbocycles. The Labute approximate surface area is 118 Å². The van der Waals surface area contributed by atoms with Gasteiger partial charge in [-0.15, -0.1) is 0 Å². The normalized spacial score (nSPS) is 16.9.